The number of fused-ring (bicyclic) bond motifs is 2. The lowest BCUT2D eigenvalue weighted by Crippen LogP contribution is -2.37. The van der Waals surface area contributed by atoms with Crippen LogP contribution in [0.4, 0.5) is 8.78 Å². The fraction of sp³-hybridized carbons (Fsp3) is 1.00. The normalized spacial score (nSPS) is 29.1. The highest BCUT2D eigenvalue weighted by Gasteiger charge is 2.28. The summed E-state index contributed by atoms with van der Waals surface area (Å²) in [5, 5.41) is 3.59. The van der Waals surface area contributed by atoms with E-state index in [0.29, 0.717) is 18.7 Å². The van der Waals surface area contributed by atoms with E-state index >= 15 is 0 Å². The number of likely N-dealkylation sites (tertiary alicyclic amines) is 1. The molecule has 2 heterocycles. The second-order valence-corrected chi connectivity index (χ2v) is 4.69. The van der Waals surface area contributed by atoms with Gasteiger partial charge in [-0.3, -0.25) is 4.90 Å². The first-order valence-corrected chi connectivity index (χ1v) is 6.08. The van der Waals surface area contributed by atoms with E-state index in [4.69, 9.17) is 4.74 Å². The Morgan fingerprint density at radius 2 is 2.00 bits per heavy atom. The summed E-state index contributed by atoms with van der Waals surface area (Å²) in [6.07, 6.45) is 1.37. The lowest BCUT2D eigenvalue weighted by molar-refractivity contribution is 0.00947. The largest absolute Gasteiger partial charge is 0.374 e. The van der Waals surface area contributed by atoms with Crippen molar-refractivity contribution < 1.29 is 13.5 Å². The fourth-order valence-corrected chi connectivity index (χ4v) is 2.58. The molecule has 2 bridgehead atoms. The maximum Gasteiger partial charge on any atom is 0.261 e. The molecule has 2 rings (SSSR count). The van der Waals surface area contributed by atoms with E-state index in [0.717, 1.165) is 19.6 Å². The molecule has 17 heavy (non-hydrogen) atoms. The van der Waals surface area contributed by atoms with Crippen LogP contribution in [0, 0.1) is 0 Å². The number of nitrogens with one attached hydrogen (secondary N) is 1. The molecule has 0 amide bonds. The van der Waals surface area contributed by atoms with Crippen LogP contribution >= 0.6 is 12.4 Å². The van der Waals surface area contributed by atoms with Gasteiger partial charge in [0.15, 0.2) is 0 Å². The summed E-state index contributed by atoms with van der Waals surface area (Å²) in [5.74, 6) is 0. The molecular formula is C11H21ClF2N2O. The van der Waals surface area contributed by atoms with Gasteiger partial charge in [0.05, 0.1) is 6.61 Å². The van der Waals surface area contributed by atoms with Gasteiger partial charge in [0.2, 0.25) is 0 Å². The molecule has 2 saturated heterocycles. The first-order valence-electron chi connectivity index (χ1n) is 6.08. The molecule has 2 aliphatic heterocycles. The molecule has 0 aromatic heterocycles. The summed E-state index contributed by atoms with van der Waals surface area (Å²) in [5.41, 5.74) is 0. The second-order valence-electron chi connectivity index (χ2n) is 4.69. The van der Waals surface area contributed by atoms with Gasteiger partial charge >= 0.3 is 0 Å². The van der Waals surface area contributed by atoms with Crippen LogP contribution in [0.15, 0.2) is 0 Å². The van der Waals surface area contributed by atoms with Crippen LogP contribution in [0.25, 0.3) is 0 Å². The average Bonchev–Trinajstić information content (AvgIpc) is 2.55. The number of hydrogen-bond acceptors (Lipinski definition) is 3. The monoisotopic (exact) mass is 270 g/mol. The van der Waals surface area contributed by atoms with Gasteiger partial charge in [-0.1, -0.05) is 0 Å². The first-order chi connectivity index (χ1) is 7.74. The van der Waals surface area contributed by atoms with Crippen molar-refractivity contribution in [1.82, 2.24) is 10.2 Å². The van der Waals surface area contributed by atoms with Crippen molar-refractivity contribution in [3.8, 4) is 0 Å². The summed E-state index contributed by atoms with van der Waals surface area (Å²) in [6, 6.07) is 1.28. The molecule has 0 aromatic carbocycles. The Balaban J connectivity index is 0.00000144. The summed E-state index contributed by atoms with van der Waals surface area (Å²) >= 11 is 0. The van der Waals surface area contributed by atoms with Gasteiger partial charge in [-0.25, -0.2) is 8.78 Å². The topological polar surface area (TPSA) is 24.5 Å². The number of nitrogens with zero attached hydrogens (tertiary/aromatic N) is 1. The van der Waals surface area contributed by atoms with Crippen LogP contribution in [0.5, 0.6) is 0 Å². The quantitative estimate of drug-likeness (QED) is 0.767. The Kier molecular flexibility index (Phi) is 6.62. The summed E-state index contributed by atoms with van der Waals surface area (Å²) in [4.78, 5) is 2.32. The molecule has 2 unspecified atom stereocenters. The Morgan fingerprint density at radius 1 is 1.24 bits per heavy atom. The third-order valence-corrected chi connectivity index (χ3v) is 3.40. The van der Waals surface area contributed by atoms with E-state index in [-0.39, 0.29) is 12.4 Å². The molecule has 0 saturated carbocycles. The average molecular weight is 271 g/mol. The zero-order valence-electron chi connectivity index (χ0n) is 9.91. The van der Waals surface area contributed by atoms with Crippen molar-refractivity contribution in [2.45, 2.75) is 37.8 Å². The molecule has 0 radical (unpaired) electrons. The second kappa shape index (κ2) is 7.46. The molecule has 3 nitrogen and oxygen atoms in total. The first kappa shape index (κ1) is 15.1. The molecule has 0 spiro atoms. The number of ether oxygens (including phenoxy) is 1. The Labute approximate surface area is 107 Å². The van der Waals surface area contributed by atoms with E-state index in [9.17, 15) is 8.78 Å². The number of halogens is 3. The molecule has 2 aliphatic rings. The minimum Gasteiger partial charge on any atom is -0.374 e. The van der Waals surface area contributed by atoms with Crippen LogP contribution in [-0.2, 0) is 4.74 Å². The van der Waals surface area contributed by atoms with Crippen molar-refractivity contribution in [3.63, 3.8) is 0 Å². The highest BCUT2D eigenvalue weighted by molar-refractivity contribution is 5.85. The van der Waals surface area contributed by atoms with Crippen molar-refractivity contribution in [2.24, 2.45) is 0 Å². The third-order valence-electron chi connectivity index (χ3n) is 3.40. The molecular weight excluding hydrogens is 250 g/mol. The molecule has 2 fully saturated rings. The smallest absolute Gasteiger partial charge is 0.261 e. The van der Waals surface area contributed by atoms with Gasteiger partial charge in [-0.05, 0) is 25.8 Å². The van der Waals surface area contributed by atoms with E-state index in [1.165, 1.54) is 19.3 Å². The van der Waals surface area contributed by atoms with Gasteiger partial charge in [0.25, 0.3) is 6.43 Å². The van der Waals surface area contributed by atoms with Crippen molar-refractivity contribution in [2.75, 3.05) is 32.8 Å². The minimum atomic E-state index is -2.35. The maximum absolute atomic E-state index is 11.8. The van der Waals surface area contributed by atoms with Gasteiger partial charge < -0.3 is 10.1 Å². The van der Waals surface area contributed by atoms with Gasteiger partial charge in [-0.15, -0.1) is 12.4 Å². The third kappa shape index (κ3) is 5.04. The van der Waals surface area contributed by atoms with Crippen LogP contribution in [0.3, 0.4) is 0 Å². The lowest BCUT2D eigenvalue weighted by atomic mass is 10.1. The predicted molar refractivity (Wildman–Crippen MR) is 65.1 cm³/mol. The molecule has 0 aliphatic carbocycles. The maximum atomic E-state index is 11.8. The van der Waals surface area contributed by atoms with Crippen LogP contribution in [0.1, 0.15) is 19.3 Å². The molecule has 1 N–H and O–H groups in total. The van der Waals surface area contributed by atoms with E-state index in [1.807, 2.05) is 0 Å². The molecule has 2 atom stereocenters. The van der Waals surface area contributed by atoms with E-state index in [2.05, 4.69) is 10.2 Å². The Hall–Kier alpha value is 0.0300. The van der Waals surface area contributed by atoms with Crippen molar-refractivity contribution in [1.29, 1.82) is 0 Å². The van der Waals surface area contributed by atoms with Crippen LogP contribution < -0.4 is 5.32 Å². The molecule has 102 valence electrons. The lowest BCUT2D eigenvalue weighted by Gasteiger charge is -2.23. The summed E-state index contributed by atoms with van der Waals surface area (Å²) in [6.45, 7) is 2.86. The molecule has 6 heteroatoms. The van der Waals surface area contributed by atoms with Crippen molar-refractivity contribution >= 4 is 12.4 Å². The van der Waals surface area contributed by atoms with E-state index in [1.54, 1.807) is 0 Å². The predicted octanol–water partition coefficient (Wildman–Crippen LogP) is 1.52. The van der Waals surface area contributed by atoms with Gasteiger partial charge in [0, 0.05) is 25.2 Å². The van der Waals surface area contributed by atoms with Crippen molar-refractivity contribution in [3.05, 3.63) is 0 Å². The zero-order chi connectivity index (χ0) is 11.4. The Morgan fingerprint density at radius 3 is 2.76 bits per heavy atom. The number of hydrogen-bond donors (Lipinski definition) is 1. The van der Waals surface area contributed by atoms with E-state index < -0.39 is 13.0 Å². The SMILES string of the molecule is Cl.FC(F)COCCN1CCC2CCC(C1)N2. The summed E-state index contributed by atoms with van der Waals surface area (Å²) < 4.78 is 28.6. The Bertz CT molecular complexity index is 222. The standard InChI is InChI=1S/C11H20F2N2O.ClH/c12-11(13)8-16-6-5-15-4-3-9-1-2-10(7-15)14-9;/h9-11,14H,1-8H2;1H. The molecule has 0 aromatic rings. The van der Waals surface area contributed by atoms with Gasteiger partial charge in [0.1, 0.15) is 6.61 Å². The summed E-state index contributed by atoms with van der Waals surface area (Å²) in [7, 11) is 0. The zero-order valence-corrected chi connectivity index (χ0v) is 10.7. The highest BCUT2D eigenvalue weighted by atomic mass is 35.5. The number of alkyl halides is 2. The highest BCUT2D eigenvalue weighted by Crippen LogP contribution is 2.19. The minimum absolute atomic E-state index is 0. The number of rotatable bonds is 5. The van der Waals surface area contributed by atoms with Crippen LogP contribution in [-0.4, -0.2) is 56.3 Å². The van der Waals surface area contributed by atoms with Gasteiger partial charge in [-0.2, -0.15) is 0 Å². The fourth-order valence-electron chi connectivity index (χ4n) is 2.58. The van der Waals surface area contributed by atoms with Crippen LogP contribution in [0.2, 0.25) is 0 Å².